The molecule has 0 spiro atoms. The summed E-state index contributed by atoms with van der Waals surface area (Å²) >= 11 is 6.32. The summed E-state index contributed by atoms with van der Waals surface area (Å²) < 4.78 is 2.36. The molecule has 1 fully saturated rings. The smallest absolute Gasteiger partial charge is 0.303 e. The lowest BCUT2D eigenvalue weighted by molar-refractivity contribution is -0.137. The number of nitrogens with zero attached hydrogens (tertiary/aromatic N) is 3. The molecule has 1 aliphatic heterocycles. The molecule has 32 heavy (non-hydrogen) atoms. The fraction of sp³-hybridized carbons (Fsp3) is 0.462. The first-order valence-corrected chi connectivity index (χ1v) is 11.8. The van der Waals surface area contributed by atoms with Gasteiger partial charge in [0.05, 0.1) is 11.2 Å². The number of piperidine rings is 1. The van der Waals surface area contributed by atoms with Crippen LogP contribution in [0.15, 0.2) is 18.2 Å². The zero-order chi connectivity index (χ0) is 23.2. The van der Waals surface area contributed by atoms with Gasteiger partial charge in [0.1, 0.15) is 5.82 Å². The lowest BCUT2D eigenvalue weighted by atomic mass is 9.92. The number of carbonyl (C=O) groups is 1. The lowest BCUT2D eigenvalue weighted by Gasteiger charge is -2.33. The summed E-state index contributed by atoms with van der Waals surface area (Å²) in [6.45, 7) is 12.5. The van der Waals surface area contributed by atoms with Crippen molar-refractivity contribution in [2.24, 2.45) is 5.92 Å². The van der Waals surface area contributed by atoms with E-state index in [4.69, 9.17) is 21.7 Å². The molecule has 1 aromatic carbocycles. The quantitative estimate of drug-likeness (QED) is 0.492. The largest absolute Gasteiger partial charge is 0.481 e. The molecule has 3 heterocycles. The third kappa shape index (κ3) is 4.11. The molecule has 0 atom stereocenters. The molecule has 6 heteroatoms. The second-order valence-electron chi connectivity index (χ2n) is 9.28. The molecule has 3 aromatic rings. The van der Waals surface area contributed by atoms with Gasteiger partial charge in [-0.05, 0) is 94.7 Å². The van der Waals surface area contributed by atoms with Crippen LogP contribution in [0, 0.1) is 40.5 Å². The summed E-state index contributed by atoms with van der Waals surface area (Å²) in [5.74, 6) is 0.837. The van der Waals surface area contributed by atoms with Gasteiger partial charge < -0.3 is 14.6 Å². The molecule has 1 saturated heterocycles. The minimum Gasteiger partial charge on any atom is -0.481 e. The highest BCUT2D eigenvalue weighted by Gasteiger charge is 2.26. The molecule has 0 amide bonds. The molecule has 0 unspecified atom stereocenters. The first-order chi connectivity index (χ1) is 15.2. The number of anilines is 1. The number of hydrogen-bond donors (Lipinski definition) is 1. The highest BCUT2D eigenvalue weighted by atomic mass is 35.5. The van der Waals surface area contributed by atoms with E-state index in [-0.39, 0.29) is 6.42 Å². The Kier molecular flexibility index (Phi) is 6.22. The van der Waals surface area contributed by atoms with Crippen LogP contribution in [0.2, 0.25) is 5.02 Å². The number of aromatic nitrogens is 2. The van der Waals surface area contributed by atoms with Crippen molar-refractivity contribution in [2.75, 3.05) is 18.0 Å². The van der Waals surface area contributed by atoms with E-state index in [1.54, 1.807) is 0 Å². The Morgan fingerprint density at radius 1 is 1.09 bits per heavy atom. The maximum Gasteiger partial charge on any atom is 0.303 e. The van der Waals surface area contributed by atoms with E-state index in [0.717, 1.165) is 60.0 Å². The molecule has 1 aliphatic rings. The molecule has 0 aliphatic carbocycles. The number of hydrogen-bond acceptors (Lipinski definition) is 3. The Hall–Kier alpha value is -2.53. The number of halogens is 1. The van der Waals surface area contributed by atoms with Gasteiger partial charge in [0, 0.05) is 41.3 Å². The summed E-state index contributed by atoms with van der Waals surface area (Å²) in [6.07, 6.45) is 3.05. The molecule has 0 saturated carbocycles. The number of pyridine rings is 1. The Morgan fingerprint density at radius 3 is 2.31 bits per heavy atom. The first-order valence-electron chi connectivity index (χ1n) is 11.4. The summed E-state index contributed by atoms with van der Waals surface area (Å²) in [5, 5.41) is 11.0. The molecule has 5 nitrogen and oxygen atoms in total. The third-order valence-electron chi connectivity index (χ3n) is 6.96. The summed E-state index contributed by atoms with van der Waals surface area (Å²) in [7, 11) is 0. The minimum atomic E-state index is -0.699. The van der Waals surface area contributed by atoms with Crippen molar-refractivity contribution in [1.29, 1.82) is 0 Å². The van der Waals surface area contributed by atoms with E-state index in [2.05, 4.69) is 50.2 Å². The van der Waals surface area contributed by atoms with Gasteiger partial charge in [-0.15, -0.1) is 0 Å². The van der Waals surface area contributed by atoms with Crippen molar-refractivity contribution >= 4 is 34.3 Å². The average molecular weight is 454 g/mol. The van der Waals surface area contributed by atoms with Crippen molar-refractivity contribution in [2.45, 2.75) is 60.3 Å². The van der Waals surface area contributed by atoms with Crippen LogP contribution in [0.4, 0.5) is 5.82 Å². The van der Waals surface area contributed by atoms with Crippen LogP contribution >= 0.6 is 11.6 Å². The summed E-state index contributed by atoms with van der Waals surface area (Å²) in [4.78, 5) is 18.3. The molecular weight excluding hydrogens is 422 g/mol. The van der Waals surface area contributed by atoms with Crippen LogP contribution in [0.5, 0.6) is 0 Å². The molecule has 170 valence electrons. The SMILES string of the molecule is Cc1cc2c(c(N3CCC(CCC(=O)O)CC3)n1)c(C)c(C)n2-c1c(C)cc(Cl)cc1C. The summed E-state index contributed by atoms with van der Waals surface area (Å²) in [5.41, 5.74) is 8.17. The van der Waals surface area contributed by atoms with Gasteiger partial charge in [-0.1, -0.05) is 11.6 Å². The number of aryl methyl sites for hydroxylation is 4. The molecule has 1 N–H and O–H groups in total. The van der Waals surface area contributed by atoms with Crippen LogP contribution in [0.25, 0.3) is 16.6 Å². The van der Waals surface area contributed by atoms with E-state index in [1.807, 2.05) is 12.1 Å². The van der Waals surface area contributed by atoms with Gasteiger partial charge in [-0.25, -0.2) is 4.98 Å². The predicted octanol–water partition coefficient (Wildman–Crippen LogP) is 6.30. The molecule has 4 rings (SSSR count). The monoisotopic (exact) mass is 453 g/mol. The van der Waals surface area contributed by atoms with E-state index in [1.165, 1.54) is 27.8 Å². The fourth-order valence-electron chi connectivity index (χ4n) is 5.24. The molecule has 2 aromatic heterocycles. The third-order valence-corrected chi connectivity index (χ3v) is 7.18. The van der Waals surface area contributed by atoms with Gasteiger partial charge in [-0.3, -0.25) is 4.79 Å². The maximum atomic E-state index is 10.9. The second-order valence-corrected chi connectivity index (χ2v) is 9.71. The number of rotatable bonds is 5. The number of carboxylic acids is 1. The fourth-order valence-corrected chi connectivity index (χ4v) is 5.57. The van der Waals surface area contributed by atoms with Crippen LogP contribution in [0.3, 0.4) is 0 Å². The van der Waals surface area contributed by atoms with Crippen molar-refractivity contribution in [3.63, 3.8) is 0 Å². The standard InChI is InChI=1S/C26H32ClN3O2/c1-15-12-21(27)13-16(2)25(15)30-19(5)18(4)24-22(30)14-17(3)28-26(24)29-10-8-20(9-11-29)6-7-23(31)32/h12-14,20H,6-11H2,1-5H3,(H,31,32). The number of carboxylic acid groups (broad SMARTS) is 1. The Morgan fingerprint density at radius 2 is 1.72 bits per heavy atom. The van der Waals surface area contributed by atoms with Gasteiger partial charge >= 0.3 is 5.97 Å². The number of benzene rings is 1. The number of aliphatic carboxylic acids is 1. The van der Waals surface area contributed by atoms with Crippen molar-refractivity contribution in [1.82, 2.24) is 9.55 Å². The Balaban J connectivity index is 1.78. The molecule has 0 radical (unpaired) electrons. The van der Waals surface area contributed by atoms with E-state index >= 15 is 0 Å². The van der Waals surface area contributed by atoms with Crippen molar-refractivity contribution in [3.05, 3.63) is 51.3 Å². The zero-order valence-electron chi connectivity index (χ0n) is 19.6. The van der Waals surface area contributed by atoms with Crippen LogP contribution in [-0.4, -0.2) is 33.7 Å². The first kappa shape index (κ1) is 22.7. The maximum absolute atomic E-state index is 10.9. The van der Waals surface area contributed by atoms with E-state index < -0.39 is 5.97 Å². The minimum absolute atomic E-state index is 0.262. The van der Waals surface area contributed by atoms with Gasteiger partial charge in [-0.2, -0.15) is 0 Å². The van der Waals surface area contributed by atoms with Gasteiger partial charge in [0.25, 0.3) is 0 Å². The average Bonchev–Trinajstić information content (AvgIpc) is 2.96. The second kappa shape index (κ2) is 8.78. The predicted molar refractivity (Wildman–Crippen MR) is 132 cm³/mol. The van der Waals surface area contributed by atoms with Crippen molar-refractivity contribution in [3.8, 4) is 5.69 Å². The summed E-state index contributed by atoms with van der Waals surface area (Å²) in [6, 6.07) is 6.24. The Labute approximate surface area is 195 Å². The van der Waals surface area contributed by atoms with Crippen LogP contribution < -0.4 is 4.90 Å². The van der Waals surface area contributed by atoms with E-state index in [9.17, 15) is 4.79 Å². The van der Waals surface area contributed by atoms with Crippen LogP contribution in [-0.2, 0) is 4.79 Å². The zero-order valence-corrected chi connectivity index (χ0v) is 20.4. The van der Waals surface area contributed by atoms with E-state index in [0.29, 0.717) is 5.92 Å². The van der Waals surface area contributed by atoms with Crippen LogP contribution in [0.1, 0.15) is 53.8 Å². The highest BCUT2D eigenvalue weighted by Crippen LogP contribution is 2.38. The normalized spacial score (nSPS) is 15.0. The molecular formula is C26H32ClN3O2. The topological polar surface area (TPSA) is 58.4 Å². The lowest BCUT2D eigenvalue weighted by Crippen LogP contribution is -2.34. The Bertz CT molecular complexity index is 1170. The van der Waals surface area contributed by atoms with Gasteiger partial charge in [0.2, 0.25) is 0 Å². The highest BCUT2D eigenvalue weighted by molar-refractivity contribution is 6.30. The van der Waals surface area contributed by atoms with Crippen molar-refractivity contribution < 1.29 is 9.90 Å². The van der Waals surface area contributed by atoms with Gasteiger partial charge in [0.15, 0.2) is 0 Å². The molecule has 0 bridgehead atoms. The number of fused-ring (bicyclic) bond motifs is 1.